The topological polar surface area (TPSA) is 49.7 Å². The van der Waals surface area contributed by atoms with E-state index in [4.69, 9.17) is 14.9 Å². The van der Waals surface area contributed by atoms with Crippen LogP contribution in [0.15, 0.2) is 109 Å². The van der Waals surface area contributed by atoms with Gasteiger partial charge in [-0.3, -0.25) is 0 Å². The zero-order valence-electron chi connectivity index (χ0n) is 16.1. The lowest BCUT2D eigenvalue weighted by molar-refractivity contribution is 0.107. The largest absolute Gasteiger partial charge is 0.508 e. The quantitative estimate of drug-likeness (QED) is 0.433. The van der Waals surface area contributed by atoms with E-state index in [1.54, 1.807) is 24.3 Å². The lowest BCUT2D eigenvalue weighted by atomic mass is 10.1. The summed E-state index contributed by atoms with van der Waals surface area (Å²) in [7, 11) is 0. The van der Waals surface area contributed by atoms with Gasteiger partial charge in [-0.1, -0.05) is 84.9 Å². The molecular formula is C26H24O3. The van der Waals surface area contributed by atoms with E-state index >= 15 is 0 Å². The summed E-state index contributed by atoms with van der Waals surface area (Å²) < 4.78 is 5.61. The molecule has 0 spiro atoms. The molecule has 0 fully saturated rings. The summed E-state index contributed by atoms with van der Waals surface area (Å²) in [6, 6.07) is 34.3. The molecule has 4 rings (SSSR count). The van der Waals surface area contributed by atoms with Gasteiger partial charge in [-0.05, 0) is 46.5 Å². The number of aromatic hydroxyl groups is 2. The molecule has 0 aromatic heterocycles. The van der Waals surface area contributed by atoms with Crippen LogP contribution in [0.3, 0.4) is 0 Å². The predicted octanol–water partition coefficient (Wildman–Crippen LogP) is 6.17. The molecule has 0 aliphatic rings. The van der Waals surface area contributed by atoms with Crippen molar-refractivity contribution in [1.82, 2.24) is 0 Å². The van der Waals surface area contributed by atoms with Gasteiger partial charge in [0.2, 0.25) is 0 Å². The molecule has 0 atom stereocenters. The summed E-state index contributed by atoms with van der Waals surface area (Å²) >= 11 is 0. The monoisotopic (exact) mass is 384 g/mol. The van der Waals surface area contributed by atoms with Gasteiger partial charge in [0.05, 0.1) is 13.2 Å². The average Bonchev–Trinajstić information content (AvgIpc) is 2.77. The molecule has 0 aliphatic heterocycles. The summed E-state index contributed by atoms with van der Waals surface area (Å²) in [4.78, 5) is 0. The van der Waals surface area contributed by atoms with Crippen molar-refractivity contribution in [1.29, 1.82) is 0 Å². The molecular weight excluding hydrogens is 360 g/mol. The smallest absolute Gasteiger partial charge is 0.115 e. The Labute approximate surface area is 171 Å². The normalized spacial score (nSPS) is 10.1. The first-order chi connectivity index (χ1) is 14.2. The van der Waals surface area contributed by atoms with Crippen LogP contribution in [-0.4, -0.2) is 10.2 Å². The fourth-order valence-electron chi connectivity index (χ4n) is 2.74. The van der Waals surface area contributed by atoms with Crippen molar-refractivity contribution in [2.75, 3.05) is 0 Å². The fourth-order valence-corrected chi connectivity index (χ4v) is 2.74. The minimum atomic E-state index is 0.257. The van der Waals surface area contributed by atoms with E-state index in [9.17, 15) is 0 Å². The maximum atomic E-state index is 9.11. The zero-order valence-corrected chi connectivity index (χ0v) is 16.1. The molecule has 0 unspecified atom stereocenters. The van der Waals surface area contributed by atoms with Gasteiger partial charge in [-0.15, -0.1) is 0 Å². The molecule has 3 nitrogen and oxygen atoms in total. The lowest BCUT2D eigenvalue weighted by Crippen LogP contribution is -1.93. The van der Waals surface area contributed by atoms with Crippen LogP contribution in [-0.2, 0) is 18.0 Å². The van der Waals surface area contributed by atoms with Crippen LogP contribution in [0.4, 0.5) is 0 Å². The minimum Gasteiger partial charge on any atom is -0.508 e. The molecule has 0 heterocycles. The average molecular weight is 384 g/mol. The van der Waals surface area contributed by atoms with Crippen molar-refractivity contribution in [2.24, 2.45) is 0 Å². The highest BCUT2D eigenvalue weighted by Crippen LogP contribution is 2.23. The van der Waals surface area contributed by atoms with E-state index < -0.39 is 0 Å². The second-order valence-electron chi connectivity index (χ2n) is 6.56. The standard InChI is InChI=1S/C14H14O.C12H10O2/c1-3-7-13(8-4-1)11-15-12-14-9-5-2-6-10-14;13-11-5-1-9(2-6-11)10-3-7-12(14)8-4-10/h1-10H,11-12H2;1-8,13-14H. The Hall–Kier alpha value is -3.56. The van der Waals surface area contributed by atoms with Crippen molar-refractivity contribution in [2.45, 2.75) is 13.2 Å². The van der Waals surface area contributed by atoms with E-state index in [1.807, 2.05) is 60.7 Å². The van der Waals surface area contributed by atoms with E-state index in [-0.39, 0.29) is 11.5 Å². The Morgan fingerprint density at radius 2 is 0.793 bits per heavy atom. The second kappa shape index (κ2) is 10.7. The van der Waals surface area contributed by atoms with Gasteiger partial charge in [0, 0.05) is 0 Å². The van der Waals surface area contributed by atoms with Gasteiger partial charge in [0.1, 0.15) is 11.5 Å². The van der Waals surface area contributed by atoms with Crippen molar-refractivity contribution >= 4 is 0 Å². The number of rotatable bonds is 5. The van der Waals surface area contributed by atoms with Crippen molar-refractivity contribution < 1.29 is 14.9 Å². The Morgan fingerprint density at radius 1 is 0.448 bits per heavy atom. The number of hydrogen-bond donors (Lipinski definition) is 2. The van der Waals surface area contributed by atoms with Crippen LogP contribution in [0.25, 0.3) is 11.1 Å². The van der Waals surface area contributed by atoms with Crippen LogP contribution >= 0.6 is 0 Å². The lowest BCUT2D eigenvalue weighted by Gasteiger charge is -2.03. The molecule has 29 heavy (non-hydrogen) atoms. The van der Waals surface area contributed by atoms with Gasteiger partial charge in [0.25, 0.3) is 0 Å². The van der Waals surface area contributed by atoms with E-state index in [2.05, 4.69) is 24.3 Å². The summed E-state index contributed by atoms with van der Waals surface area (Å²) in [5.41, 5.74) is 4.47. The highest BCUT2D eigenvalue weighted by molar-refractivity contribution is 5.64. The summed E-state index contributed by atoms with van der Waals surface area (Å²) in [6.45, 7) is 1.35. The number of hydrogen-bond acceptors (Lipinski definition) is 3. The van der Waals surface area contributed by atoms with Crippen LogP contribution in [0.1, 0.15) is 11.1 Å². The van der Waals surface area contributed by atoms with Gasteiger partial charge in [0.15, 0.2) is 0 Å². The van der Waals surface area contributed by atoms with Crippen molar-refractivity contribution in [3.63, 3.8) is 0 Å². The SMILES string of the molecule is Oc1ccc(-c2ccc(O)cc2)cc1.c1ccc(COCc2ccccc2)cc1. The number of ether oxygens (including phenoxy) is 1. The van der Waals surface area contributed by atoms with E-state index in [0.717, 1.165) is 11.1 Å². The fraction of sp³-hybridized carbons (Fsp3) is 0.0769. The maximum absolute atomic E-state index is 9.11. The minimum absolute atomic E-state index is 0.257. The molecule has 0 aliphatic carbocycles. The molecule has 146 valence electrons. The number of phenolic OH excluding ortho intramolecular Hbond substituents is 2. The van der Waals surface area contributed by atoms with Crippen molar-refractivity contribution in [3.8, 4) is 22.6 Å². The third kappa shape index (κ3) is 6.83. The molecule has 0 saturated carbocycles. The third-order valence-corrected chi connectivity index (χ3v) is 4.29. The first kappa shape index (κ1) is 20.2. The molecule has 4 aromatic carbocycles. The first-order valence-electron chi connectivity index (χ1n) is 9.45. The van der Waals surface area contributed by atoms with Gasteiger partial charge < -0.3 is 14.9 Å². The predicted molar refractivity (Wildman–Crippen MR) is 117 cm³/mol. The summed E-state index contributed by atoms with van der Waals surface area (Å²) in [5, 5.41) is 18.2. The maximum Gasteiger partial charge on any atom is 0.115 e. The van der Waals surface area contributed by atoms with E-state index in [1.165, 1.54) is 11.1 Å². The van der Waals surface area contributed by atoms with E-state index in [0.29, 0.717) is 13.2 Å². The molecule has 0 amide bonds. The Morgan fingerprint density at radius 3 is 1.14 bits per heavy atom. The molecule has 0 saturated heterocycles. The Balaban J connectivity index is 0.000000166. The van der Waals surface area contributed by atoms with Crippen LogP contribution in [0, 0.1) is 0 Å². The Bertz CT molecular complexity index is 881. The molecule has 0 radical (unpaired) electrons. The Kier molecular flexibility index (Phi) is 7.44. The zero-order chi connectivity index (χ0) is 20.3. The van der Waals surface area contributed by atoms with Gasteiger partial charge in [-0.25, -0.2) is 0 Å². The highest BCUT2D eigenvalue weighted by atomic mass is 16.5. The summed E-state index contributed by atoms with van der Waals surface area (Å²) in [5.74, 6) is 0.514. The molecule has 3 heteroatoms. The molecule has 0 bridgehead atoms. The second-order valence-corrected chi connectivity index (χ2v) is 6.56. The summed E-state index contributed by atoms with van der Waals surface area (Å²) in [6.07, 6.45) is 0. The van der Waals surface area contributed by atoms with Gasteiger partial charge >= 0.3 is 0 Å². The highest BCUT2D eigenvalue weighted by Gasteiger charge is 1.97. The van der Waals surface area contributed by atoms with Crippen LogP contribution < -0.4 is 0 Å². The first-order valence-corrected chi connectivity index (χ1v) is 9.45. The van der Waals surface area contributed by atoms with Gasteiger partial charge in [-0.2, -0.15) is 0 Å². The van der Waals surface area contributed by atoms with Crippen LogP contribution in [0.5, 0.6) is 11.5 Å². The molecule has 2 N–H and O–H groups in total. The van der Waals surface area contributed by atoms with Crippen LogP contribution in [0.2, 0.25) is 0 Å². The number of phenols is 2. The third-order valence-electron chi connectivity index (χ3n) is 4.29. The molecule has 4 aromatic rings. The number of benzene rings is 4. The van der Waals surface area contributed by atoms with Crippen molar-refractivity contribution in [3.05, 3.63) is 120 Å².